The highest BCUT2D eigenvalue weighted by molar-refractivity contribution is 6.62. The van der Waals surface area contributed by atoms with Gasteiger partial charge in [0.2, 0.25) is 0 Å². The number of hydrogen-bond acceptors (Lipinski definition) is 5. The van der Waals surface area contributed by atoms with E-state index in [1.165, 1.54) is 0 Å². The van der Waals surface area contributed by atoms with E-state index in [1.807, 2.05) is 24.3 Å². The van der Waals surface area contributed by atoms with Crippen LogP contribution in [0.2, 0.25) is 0 Å². The molecule has 6 aromatic carbocycles. The molecule has 6 heteroatoms. The normalized spacial score (nSPS) is 15.2. The number of aromatic nitrogens is 3. The van der Waals surface area contributed by atoms with Crippen molar-refractivity contribution in [2.75, 3.05) is 0 Å². The second-order valence-electron chi connectivity index (χ2n) is 14.3. The molecule has 9 rings (SSSR count). The van der Waals surface area contributed by atoms with Crippen LogP contribution in [0.1, 0.15) is 27.7 Å². The van der Waals surface area contributed by atoms with Gasteiger partial charge in [-0.1, -0.05) is 133 Å². The first-order valence-electron chi connectivity index (χ1n) is 17.5. The molecule has 51 heavy (non-hydrogen) atoms. The van der Waals surface area contributed by atoms with Gasteiger partial charge >= 0.3 is 7.12 Å². The molecule has 1 aliphatic heterocycles. The highest BCUT2D eigenvalue weighted by Crippen LogP contribution is 2.43. The van der Waals surface area contributed by atoms with Gasteiger partial charge in [-0.25, -0.2) is 15.0 Å². The van der Waals surface area contributed by atoms with Crippen LogP contribution < -0.4 is 5.46 Å². The fraction of sp³-hybridized carbons (Fsp3) is 0.133. The monoisotopic (exact) mass is 661 g/mol. The van der Waals surface area contributed by atoms with Crippen LogP contribution in [0.25, 0.3) is 77.6 Å². The van der Waals surface area contributed by atoms with Crippen LogP contribution in [0.4, 0.5) is 0 Å². The summed E-state index contributed by atoms with van der Waals surface area (Å²) in [6, 6.07) is 50.2. The molecule has 0 saturated carbocycles. The first-order chi connectivity index (χ1) is 24.8. The van der Waals surface area contributed by atoms with Gasteiger partial charge in [0.05, 0.1) is 44.8 Å². The lowest BCUT2D eigenvalue weighted by atomic mass is 9.78. The summed E-state index contributed by atoms with van der Waals surface area (Å²) in [6.07, 6.45) is 0. The number of rotatable bonds is 5. The van der Waals surface area contributed by atoms with Gasteiger partial charge in [-0.05, 0) is 50.9 Å². The van der Waals surface area contributed by atoms with Crippen molar-refractivity contribution in [3.05, 3.63) is 146 Å². The fourth-order valence-corrected chi connectivity index (χ4v) is 7.10. The molecule has 1 aliphatic rings. The van der Waals surface area contributed by atoms with Gasteiger partial charge in [0, 0.05) is 38.4 Å². The average molecular weight is 662 g/mol. The van der Waals surface area contributed by atoms with E-state index in [2.05, 4.69) is 149 Å². The SMILES string of the molecule is CC1(C)OB(c2cccc(-c3nc4ccccc4c4c3cc(-c3ccccc3)c3nc(-c5ccccc5)c(-c5ccccc5)nc34)c2)OC1(C)C. The molecule has 0 aliphatic carbocycles. The summed E-state index contributed by atoms with van der Waals surface area (Å²) >= 11 is 0. The summed E-state index contributed by atoms with van der Waals surface area (Å²) in [5.41, 5.74) is 10.3. The van der Waals surface area contributed by atoms with Crippen LogP contribution in [0.5, 0.6) is 0 Å². The molecule has 2 aromatic heterocycles. The highest BCUT2D eigenvalue weighted by atomic mass is 16.7. The first kappa shape index (κ1) is 31.3. The molecule has 1 saturated heterocycles. The maximum absolute atomic E-state index is 6.48. The Morgan fingerprint density at radius 3 is 1.61 bits per heavy atom. The summed E-state index contributed by atoms with van der Waals surface area (Å²) in [7, 11) is -0.488. The van der Waals surface area contributed by atoms with Crippen LogP contribution in [-0.4, -0.2) is 33.3 Å². The van der Waals surface area contributed by atoms with Crippen molar-refractivity contribution in [3.63, 3.8) is 0 Å². The number of fused-ring (bicyclic) bond motifs is 5. The third kappa shape index (κ3) is 5.30. The van der Waals surface area contributed by atoms with Crippen molar-refractivity contribution < 1.29 is 9.31 Å². The second kappa shape index (κ2) is 12.0. The number of para-hydroxylation sites is 1. The summed E-state index contributed by atoms with van der Waals surface area (Å²) in [5.74, 6) is 0. The standard InChI is InChI=1S/C45H36BN3O2/c1-44(2)45(3,4)51-46(50-44)33-24-16-23-32(27-33)39-36-28-35(29-17-8-5-9-18-29)42-43(38(36)34-25-14-15-26-37(34)47-39)49-41(31-21-12-7-13-22-31)40(48-42)30-19-10-6-11-20-30/h5-28H,1-4H3. The Balaban J connectivity index is 1.39. The molecule has 0 atom stereocenters. The van der Waals surface area contributed by atoms with Crippen molar-refractivity contribution >= 4 is 45.3 Å². The summed E-state index contributed by atoms with van der Waals surface area (Å²) in [4.78, 5) is 16.5. The molecule has 0 spiro atoms. The van der Waals surface area contributed by atoms with Gasteiger partial charge in [-0.2, -0.15) is 0 Å². The number of benzene rings is 6. The van der Waals surface area contributed by atoms with Gasteiger partial charge in [0.25, 0.3) is 0 Å². The van der Waals surface area contributed by atoms with Gasteiger partial charge in [-0.3, -0.25) is 0 Å². The molecular weight excluding hydrogens is 625 g/mol. The Bertz CT molecular complexity index is 2570. The molecule has 5 nitrogen and oxygen atoms in total. The first-order valence-corrected chi connectivity index (χ1v) is 17.5. The van der Waals surface area contributed by atoms with E-state index >= 15 is 0 Å². The van der Waals surface area contributed by atoms with Crippen LogP contribution in [0, 0.1) is 0 Å². The predicted molar refractivity (Wildman–Crippen MR) is 210 cm³/mol. The quantitative estimate of drug-likeness (QED) is 0.136. The van der Waals surface area contributed by atoms with E-state index in [9.17, 15) is 0 Å². The molecule has 0 amide bonds. The molecule has 3 heterocycles. The lowest BCUT2D eigenvalue weighted by Crippen LogP contribution is -2.41. The van der Waals surface area contributed by atoms with Crippen LogP contribution in [0.3, 0.4) is 0 Å². The lowest BCUT2D eigenvalue weighted by Gasteiger charge is -2.32. The lowest BCUT2D eigenvalue weighted by molar-refractivity contribution is 0.00578. The third-order valence-corrected chi connectivity index (χ3v) is 10.5. The topological polar surface area (TPSA) is 57.1 Å². The molecule has 0 unspecified atom stereocenters. The van der Waals surface area contributed by atoms with E-state index in [1.54, 1.807) is 0 Å². The third-order valence-electron chi connectivity index (χ3n) is 10.5. The van der Waals surface area contributed by atoms with E-state index in [-0.39, 0.29) is 0 Å². The van der Waals surface area contributed by atoms with E-state index in [0.717, 1.165) is 83.1 Å². The zero-order valence-corrected chi connectivity index (χ0v) is 29.1. The van der Waals surface area contributed by atoms with Gasteiger partial charge in [0.15, 0.2) is 0 Å². The minimum absolute atomic E-state index is 0.446. The number of pyridine rings is 1. The minimum atomic E-state index is -0.488. The van der Waals surface area contributed by atoms with Gasteiger partial charge in [0.1, 0.15) is 0 Å². The summed E-state index contributed by atoms with van der Waals surface area (Å²) in [5, 5.41) is 3.06. The highest BCUT2D eigenvalue weighted by Gasteiger charge is 2.51. The van der Waals surface area contributed by atoms with Crippen molar-refractivity contribution in [2.24, 2.45) is 0 Å². The maximum Gasteiger partial charge on any atom is 0.494 e. The molecule has 246 valence electrons. The predicted octanol–water partition coefficient (Wildman–Crippen LogP) is 10.3. The molecule has 1 fully saturated rings. The molecular formula is C45H36BN3O2. The zero-order valence-electron chi connectivity index (χ0n) is 29.1. The maximum atomic E-state index is 6.48. The molecule has 0 radical (unpaired) electrons. The second-order valence-corrected chi connectivity index (χ2v) is 14.3. The summed E-state index contributed by atoms with van der Waals surface area (Å²) < 4.78 is 13.0. The largest absolute Gasteiger partial charge is 0.494 e. The Labute approximate surface area is 298 Å². The molecule has 8 aromatic rings. The van der Waals surface area contributed by atoms with Gasteiger partial charge in [-0.15, -0.1) is 0 Å². The number of hydrogen-bond donors (Lipinski definition) is 0. The van der Waals surface area contributed by atoms with E-state index in [4.69, 9.17) is 24.3 Å². The Morgan fingerprint density at radius 1 is 0.451 bits per heavy atom. The van der Waals surface area contributed by atoms with Gasteiger partial charge < -0.3 is 9.31 Å². The van der Waals surface area contributed by atoms with Crippen LogP contribution in [0.15, 0.2) is 146 Å². The smallest absolute Gasteiger partial charge is 0.399 e. The minimum Gasteiger partial charge on any atom is -0.399 e. The van der Waals surface area contributed by atoms with Crippen molar-refractivity contribution in [2.45, 2.75) is 38.9 Å². The Morgan fingerprint density at radius 2 is 0.980 bits per heavy atom. The zero-order chi connectivity index (χ0) is 34.7. The summed E-state index contributed by atoms with van der Waals surface area (Å²) in [6.45, 7) is 8.33. The average Bonchev–Trinajstić information content (AvgIpc) is 3.40. The van der Waals surface area contributed by atoms with E-state index < -0.39 is 18.3 Å². The van der Waals surface area contributed by atoms with Crippen molar-refractivity contribution in [1.29, 1.82) is 0 Å². The van der Waals surface area contributed by atoms with Crippen molar-refractivity contribution in [3.8, 4) is 44.9 Å². The van der Waals surface area contributed by atoms with E-state index in [0.29, 0.717) is 0 Å². The van der Waals surface area contributed by atoms with Crippen molar-refractivity contribution in [1.82, 2.24) is 15.0 Å². The Kier molecular flexibility index (Phi) is 7.35. The molecule has 0 N–H and O–H groups in total. The number of nitrogens with zero attached hydrogens (tertiary/aromatic N) is 3. The molecule has 0 bridgehead atoms. The van der Waals surface area contributed by atoms with Crippen LogP contribution >= 0.6 is 0 Å². The Hall–Kier alpha value is -5.69. The van der Waals surface area contributed by atoms with Crippen LogP contribution in [-0.2, 0) is 9.31 Å². The fourth-order valence-electron chi connectivity index (χ4n) is 7.10.